The van der Waals surface area contributed by atoms with Crippen LogP contribution in [0.2, 0.25) is 5.02 Å². The van der Waals surface area contributed by atoms with Crippen LogP contribution in [0.4, 0.5) is 0 Å². The minimum atomic E-state index is -0.0578. The maximum absolute atomic E-state index is 11.1. The van der Waals surface area contributed by atoms with Gasteiger partial charge in [0.05, 0.1) is 10.6 Å². The van der Waals surface area contributed by atoms with Crippen LogP contribution < -0.4 is 0 Å². The summed E-state index contributed by atoms with van der Waals surface area (Å²) < 4.78 is 0.625. The van der Waals surface area contributed by atoms with Gasteiger partial charge in [-0.05, 0) is 41.6 Å². The highest BCUT2D eigenvalue weighted by Gasteiger charge is 2.11. The number of hydrogen-bond acceptors (Lipinski definition) is 2. The highest BCUT2D eigenvalue weighted by atomic mass is 127. The topological polar surface area (TPSA) is 40.9 Å². The first-order chi connectivity index (χ1) is 6.07. The molecule has 0 heterocycles. The SMILES string of the molecule is CC(=O)c1ccc(Cl)c(C#N)c1I. The van der Waals surface area contributed by atoms with Crippen molar-refractivity contribution in [2.24, 2.45) is 0 Å². The molecule has 0 aliphatic rings. The molecule has 0 bridgehead atoms. The molecule has 0 unspecified atom stereocenters. The van der Waals surface area contributed by atoms with Gasteiger partial charge in [-0.15, -0.1) is 0 Å². The molecular weight excluding hydrogens is 300 g/mol. The van der Waals surface area contributed by atoms with Crippen LogP contribution in [0.3, 0.4) is 0 Å². The number of Topliss-reactive ketones (excluding diaryl/α,β-unsaturated/α-hetero) is 1. The molecule has 1 aromatic carbocycles. The molecule has 1 rings (SSSR count). The fourth-order valence-corrected chi connectivity index (χ4v) is 2.26. The maximum Gasteiger partial charge on any atom is 0.160 e. The third-order valence-corrected chi connectivity index (χ3v) is 3.02. The lowest BCUT2D eigenvalue weighted by atomic mass is 10.1. The van der Waals surface area contributed by atoms with E-state index in [4.69, 9.17) is 16.9 Å². The van der Waals surface area contributed by atoms with Gasteiger partial charge in [0.25, 0.3) is 0 Å². The normalized spacial score (nSPS) is 9.38. The minimum absolute atomic E-state index is 0.0578. The fourth-order valence-electron chi connectivity index (χ4n) is 0.927. The molecule has 66 valence electrons. The number of carbonyl (C=O) groups is 1. The summed E-state index contributed by atoms with van der Waals surface area (Å²) in [5.74, 6) is -0.0578. The van der Waals surface area contributed by atoms with E-state index in [1.807, 2.05) is 28.7 Å². The third kappa shape index (κ3) is 2.01. The van der Waals surface area contributed by atoms with Crippen molar-refractivity contribution in [2.45, 2.75) is 6.92 Å². The van der Waals surface area contributed by atoms with Gasteiger partial charge < -0.3 is 0 Å². The molecule has 0 aliphatic carbocycles. The molecule has 0 fully saturated rings. The second kappa shape index (κ2) is 4.07. The van der Waals surface area contributed by atoms with Crippen molar-refractivity contribution >= 4 is 40.0 Å². The Morgan fingerprint density at radius 3 is 2.69 bits per heavy atom. The first-order valence-electron chi connectivity index (χ1n) is 3.47. The maximum atomic E-state index is 11.1. The van der Waals surface area contributed by atoms with Crippen molar-refractivity contribution in [3.05, 3.63) is 31.9 Å². The van der Waals surface area contributed by atoms with Crippen LogP contribution in [0.5, 0.6) is 0 Å². The van der Waals surface area contributed by atoms with E-state index in [9.17, 15) is 4.79 Å². The smallest absolute Gasteiger partial charge is 0.160 e. The van der Waals surface area contributed by atoms with E-state index in [1.165, 1.54) is 6.92 Å². The number of rotatable bonds is 1. The van der Waals surface area contributed by atoms with Crippen molar-refractivity contribution in [3.8, 4) is 6.07 Å². The van der Waals surface area contributed by atoms with Crippen LogP contribution in [0.1, 0.15) is 22.8 Å². The van der Waals surface area contributed by atoms with Crippen molar-refractivity contribution in [1.29, 1.82) is 5.26 Å². The summed E-state index contributed by atoms with van der Waals surface area (Å²) in [7, 11) is 0. The van der Waals surface area contributed by atoms with Crippen LogP contribution in [-0.4, -0.2) is 5.78 Å². The van der Waals surface area contributed by atoms with E-state index in [0.29, 0.717) is 19.7 Å². The number of hydrogen-bond donors (Lipinski definition) is 0. The van der Waals surface area contributed by atoms with Gasteiger partial charge in [0.2, 0.25) is 0 Å². The van der Waals surface area contributed by atoms with Crippen molar-refractivity contribution in [1.82, 2.24) is 0 Å². The Hall–Kier alpha value is -0.600. The standard InChI is InChI=1S/C9H5ClINO/c1-5(13)6-2-3-8(10)7(4-12)9(6)11/h2-3H,1H3. The molecule has 0 atom stereocenters. The lowest BCUT2D eigenvalue weighted by Crippen LogP contribution is -1.98. The summed E-state index contributed by atoms with van der Waals surface area (Å²) >= 11 is 7.72. The average molecular weight is 306 g/mol. The highest BCUT2D eigenvalue weighted by molar-refractivity contribution is 14.1. The molecule has 0 saturated heterocycles. The molecule has 0 N–H and O–H groups in total. The summed E-state index contributed by atoms with van der Waals surface area (Å²) in [6.07, 6.45) is 0. The Bertz CT molecular complexity index is 409. The van der Waals surface area contributed by atoms with Crippen LogP contribution in [-0.2, 0) is 0 Å². The predicted molar refractivity (Wildman–Crippen MR) is 58.9 cm³/mol. The first-order valence-corrected chi connectivity index (χ1v) is 4.92. The van der Waals surface area contributed by atoms with Gasteiger partial charge in [-0.3, -0.25) is 4.79 Å². The van der Waals surface area contributed by atoms with Crippen LogP contribution in [0.25, 0.3) is 0 Å². The van der Waals surface area contributed by atoms with Gasteiger partial charge in [-0.2, -0.15) is 5.26 Å². The van der Waals surface area contributed by atoms with E-state index < -0.39 is 0 Å². The molecule has 0 aliphatic heterocycles. The fraction of sp³-hybridized carbons (Fsp3) is 0.111. The summed E-state index contributed by atoms with van der Waals surface area (Å²) in [5.41, 5.74) is 0.913. The number of halogens is 2. The van der Waals surface area contributed by atoms with Crippen LogP contribution in [0, 0.1) is 14.9 Å². The molecular formula is C9H5ClINO. The summed E-state index contributed by atoms with van der Waals surface area (Å²) in [6, 6.07) is 5.17. The van der Waals surface area contributed by atoms with Gasteiger partial charge in [0.15, 0.2) is 5.78 Å². The van der Waals surface area contributed by atoms with Crippen LogP contribution >= 0.6 is 34.2 Å². The third-order valence-electron chi connectivity index (χ3n) is 1.58. The Morgan fingerprint density at radius 2 is 2.23 bits per heavy atom. The Balaban J connectivity index is 3.47. The Labute approximate surface area is 94.6 Å². The van der Waals surface area contributed by atoms with Crippen molar-refractivity contribution < 1.29 is 4.79 Å². The number of nitrogens with zero attached hydrogens (tertiary/aromatic N) is 1. The van der Waals surface area contributed by atoms with Gasteiger partial charge >= 0.3 is 0 Å². The van der Waals surface area contributed by atoms with Gasteiger partial charge in [-0.25, -0.2) is 0 Å². The zero-order valence-electron chi connectivity index (χ0n) is 6.77. The second-order valence-corrected chi connectivity index (χ2v) is 3.94. The minimum Gasteiger partial charge on any atom is -0.294 e. The molecule has 0 radical (unpaired) electrons. The number of benzene rings is 1. The largest absolute Gasteiger partial charge is 0.294 e. The molecule has 0 saturated carbocycles. The monoisotopic (exact) mass is 305 g/mol. The van der Waals surface area contributed by atoms with E-state index in [2.05, 4.69) is 0 Å². The van der Waals surface area contributed by atoms with Gasteiger partial charge in [0, 0.05) is 9.13 Å². The Morgan fingerprint density at radius 1 is 1.62 bits per heavy atom. The number of carbonyl (C=O) groups excluding carboxylic acids is 1. The Kier molecular flexibility index (Phi) is 3.28. The molecule has 0 aromatic heterocycles. The van der Waals surface area contributed by atoms with Gasteiger partial charge in [0.1, 0.15) is 6.07 Å². The summed E-state index contributed by atoms with van der Waals surface area (Å²) in [5, 5.41) is 9.14. The predicted octanol–water partition coefficient (Wildman–Crippen LogP) is 3.02. The molecule has 2 nitrogen and oxygen atoms in total. The molecule has 1 aromatic rings. The summed E-state index contributed by atoms with van der Waals surface area (Å²) in [4.78, 5) is 11.1. The van der Waals surface area contributed by atoms with E-state index >= 15 is 0 Å². The van der Waals surface area contributed by atoms with E-state index in [-0.39, 0.29) is 5.78 Å². The van der Waals surface area contributed by atoms with Gasteiger partial charge in [-0.1, -0.05) is 11.6 Å². The lowest BCUT2D eigenvalue weighted by molar-refractivity contribution is 0.101. The first kappa shape index (κ1) is 10.5. The zero-order chi connectivity index (χ0) is 10.0. The quantitative estimate of drug-likeness (QED) is 0.591. The van der Waals surface area contributed by atoms with E-state index in [0.717, 1.165) is 0 Å². The molecule has 0 spiro atoms. The van der Waals surface area contributed by atoms with Crippen molar-refractivity contribution in [3.63, 3.8) is 0 Å². The van der Waals surface area contributed by atoms with E-state index in [1.54, 1.807) is 12.1 Å². The second-order valence-electron chi connectivity index (χ2n) is 2.45. The van der Waals surface area contributed by atoms with Crippen molar-refractivity contribution in [2.75, 3.05) is 0 Å². The highest BCUT2D eigenvalue weighted by Crippen LogP contribution is 2.24. The number of nitriles is 1. The lowest BCUT2D eigenvalue weighted by Gasteiger charge is -2.03. The average Bonchev–Trinajstić information content (AvgIpc) is 2.04. The molecule has 0 amide bonds. The zero-order valence-corrected chi connectivity index (χ0v) is 9.68. The number of ketones is 1. The molecule has 13 heavy (non-hydrogen) atoms. The van der Waals surface area contributed by atoms with Crippen LogP contribution in [0.15, 0.2) is 12.1 Å². The molecule has 4 heteroatoms. The summed E-state index contributed by atoms with van der Waals surface area (Å²) in [6.45, 7) is 1.46.